The Kier molecular flexibility index (Phi) is 3.93. The van der Waals surface area contributed by atoms with E-state index < -0.39 is 0 Å². The lowest BCUT2D eigenvalue weighted by atomic mass is 9.75. The zero-order valence-corrected chi connectivity index (χ0v) is 13.4. The molecular formula is C17H18N4OS. The van der Waals surface area contributed by atoms with E-state index >= 15 is 0 Å². The molecule has 0 spiro atoms. The third-order valence-electron chi connectivity index (χ3n) is 4.49. The van der Waals surface area contributed by atoms with Crippen LogP contribution in [-0.4, -0.2) is 32.2 Å². The molecule has 1 aliphatic rings. The summed E-state index contributed by atoms with van der Waals surface area (Å²) in [5.41, 5.74) is 2.22. The van der Waals surface area contributed by atoms with E-state index in [4.69, 9.17) is 0 Å². The van der Waals surface area contributed by atoms with E-state index in [1.807, 2.05) is 36.0 Å². The van der Waals surface area contributed by atoms with Crippen LogP contribution in [0.1, 0.15) is 18.4 Å². The normalized spacial score (nSPS) is 21.8. The number of hydrogen-bond acceptors (Lipinski definition) is 6. The van der Waals surface area contributed by atoms with Crippen LogP contribution in [0.5, 0.6) is 0 Å². The average Bonchev–Trinajstić information content (AvgIpc) is 3.02. The van der Waals surface area contributed by atoms with Crippen molar-refractivity contribution in [1.29, 1.82) is 0 Å². The van der Waals surface area contributed by atoms with Crippen LogP contribution in [0.4, 0.5) is 5.82 Å². The van der Waals surface area contributed by atoms with E-state index in [9.17, 15) is 5.11 Å². The first-order chi connectivity index (χ1) is 11.3. The van der Waals surface area contributed by atoms with Crippen LogP contribution in [0.25, 0.3) is 10.2 Å². The molecule has 118 valence electrons. The Hall–Kier alpha value is -2.05. The summed E-state index contributed by atoms with van der Waals surface area (Å²) >= 11 is 1.65. The molecule has 1 fully saturated rings. The van der Waals surface area contributed by atoms with E-state index in [2.05, 4.69) is 20.3 Å². The summed E-state index contributed by atoms with van der Waals surface area (Å²) in [6.07, 6.45) is 7.69. The summed E-state index contributed by atoms with van der Waals surface area (Å²) in [6, 6.07) is 6.35. The second kappa shape index (κ2) is 6.22. The Balaban J connectivity index is 1.59. The van der Waals surface area contributed by atoms with Gasteiger partial charge in [0.1, 0.15) is 12.1 Å². The molecule has 3 aromatic rings. The molecule has 0 amide bonds. The number of pyridine rings is 1. The van der Waals surface area contributed by atoms with Crippen LogP contribution in [-0.2, 0) is 6.42 Å². The first kappa shape index (κ1) is 14.5. The summed E-state index contributed by atoms with van der Waals surface area (Å²) in [5, 5.41) is 15.3. The number of aliphatic hydroxyl groups excluding tert-OH is 1. The molecule has 3 aromatic heterocycles. The zero-order chi connectivity index (χ0) is 15.6. The number of nitrogens with one attached hydrogen (secondary N) is 1. The van der Waals surface area contributed by atoms with Crippen molar-refractivity contribution in [2.45, 2.75) is 31.4 Å². The van der Waals surface area contributed by atoms with Gasteiger partial charge in [-0.05, 0) is 54.3 Å². The molecule has 1 saturated carbocycles. The maximum atomic E-state index is 9.68. The van der Waals surface area contributed by atoms with Gasteiger partial charge < -0.3 is 10.4 Å². The summed E-state index contributed by atoms with van der Waals surface area (Å²) in [6.45, 7) is 0. The molecule has 1 aliphatic carbocycles. The number of fused-ring (bicyclic) bond motifs is 1. The standard InChI is InChI=1S/C17H18N4OS/c22-13-8-12(9-13)15(7-11-1-4-18-5-2-11)21-17-16-14(3-6-23-16)19-10-20-17/h1-6,10,12-13,15,22H,7-9H2,(H,19,20,21). The Bertz CT molecular complexity index is 785. The molecule has 0 radical (unpaired) electrons. The molecular weight excluding hydrogens is 308 g/mol. The van der Waals surface area contributed by atoms with Crippen molar-refractivity contribution in [1.82, 2.24) is 15.0 Å². The lowest BCUT2D eigenvalue weighted by Crippen LogP contribution is -2.42. The van der Waals surface area contributed by atoms with Crippen molar-refractivity contribution < 1.29 is 5.11 Å². The molecule has 0 aliphatic heterocycles. The van der Waals surface area contributed by atoms with Crippen molar-refractivity contribution in [3.63, 3.8) is 0 Å². The largest absolute Gasteiger partial charge is 0.393 e. The third kappa shape index (κ3) is 3.04. The van der Waals surface area contributed by atoms with Crippen molar-refractivity contribution >= 4 is 27.4 Å². The second-order valence-electron chi connectivity index (χ2n) is 6.05. The van der Waals surface area contributed by atoms with Crippen molar-refractivity contribution in [2.24, 2.45) is 5.92 Å². The molecule has 1 atom stereocenters. The smallest absolute Gasteiger partial charge is 0.147 e. The van der Waals surface area contributed by atoms with E-state index in [0.717, 1.165) is 35.3 Å². The topological polar surface area (TPSA) is 70.9 Å². The Morgan fingerprint density at radius 1 is 1.22 bits per heavy atom. The Morgan fingerprint density at radius 3 is 2.83 bits per heavy atom. The molecule has 5 nitrogen and oxygen atoms in total. The minimum atomic E-state index is -0.158. The summed E-state index contributed by atoms with van der Waals surface area (Å²) in [5.74, 6) is 1.36. The summed E-state index contributed by atoms with van der Waals surface area (Å²) < 4.78 is 1.09. The van der Waals surface area contributed by atoms with Crippen LogP contribution in [0.15, 0.2) is 42.3 Å². The number of rotatable bonds is 5. The lowest BCUT2D eigenvalue weighted by molar-refractivity contribution is 0.0342. The van der Waals surface area contributed by atoms with Gasteiger partial charge in [-0.1, -0.05) is 0 Å². The minimum absolute atomic E-state index is 0.158. The number of thiophene rings is 1. The van der Waals surface area contributed by atoms with E-state index in [-0.39, 0.29) is 12.1 Å². The molecule has 23 heavy (non-hydrogen) atoms. The molecule has 0 aromatic carbocycles. The Morgan fingerprint density at radius 2 is 2.04 bits per heavy atom. The highest BCUT2D eigenvalue weighted by Gasteiger charge is 2.34. The van der Waals surface area contributed by atoms with Crippen molar-refractivity contribution in [2.75, 3.05) is 5.32 Å². The lowest BCUT2D eigenvalue weighted by Gasteiger charge is -2.38. The minimum Gasteiger partial charge on any atom is -0.393 e. The van der Waals surface area contributed by atoms with Gasteiger partial charge in [-0.15, -0.1) is 11.3 Å². The van der Waals surface area contributed by atoms with Gasteiger partial charge in [0.2, 0.25) is 0 Å². The highest BCUT2D eigenvalue weighted by Crippen LogP contribution is 2.34. The maximum Gasteiger partial charge on any atom is 0.147 e. The second-order valence-corrected chi connectivity index (χ2v) is 6.97. The fourth-order valence-corrected chi connectivity index (χ4v) is 3.93. The zero-order valence-electron chi connectivity index (χ0n) is 12.6. The van der Waals surface area contributed by atoms with Gasteiger partial charge in [-0.25, -0.2) is 9.97 Å². The van der Waals surface area contributed by atoms with Crippen molar-refractivity contribution in [3.8, 4) is 0 Å². The number of hydrogen-bond donors (Lipinski definition) is 2. The van der Waals surface area contributed by atoms with Gasteiger partial charge in [0.05, 0.1) is 16.3 Å². The highest BCUT2D eigenvalue weighted by molar-refractivity contribution is 7.17. The molecule has 4 rings (SSSR count). The van der Waals surface area contributed by atoms with E-state index in [1.165, 1.54) is 5.56 Å². The van der Waals surface area contributed by atoms with Crippen molar-refractivity contribution in [3.05, 3.63) is 47.9 Å². The van der Waals surface area contributed by atoms with Gasteiger partial charge in [-0.2, -0.15) is 0 Å². The highest BCUT2D eigenvalue weighted by atomic mass is 32.1. The van der Waals surface area contributed by atoms with Crippen LogP contribution >= 0.6 is 11.3 Å². The predicted molar refractivity (Wildman–Crippen MR) is 91.5 cm³/mol. The molecule has 2 N–H and O–H groups in total. The molecule has 1 unspecified atom stereocenters. The average molecular weight is 326 g/mol. The molecule has 3 heterocycles. The van der Waals surface area contributed by atoms with E-state index in [1.54, 1.807) is 17.7 Å². The molecule has 0 bridgehead atoms. The fourth-order valence-electron chi connectivity index (χ4n) is 3.13. The quantitative estimate of drug-likeness (QED) is 0.754. The number of anilines is 1. The number of aromatic nitrogens is 3. The van der Waals surface area contributed by atoms with Gasteiger partial charge in [0.25, 0.3) is 0 Å². The first-order valence-corrected chi connectivity index (χ1v) is 8.69. The van der Waals surface area contributed by atoms with Gasteiger partial charge in [0, 0.05) is 18.4 Å². The number of aliphatic hydroxyl groups is 1. The SMILES string of the molecule is OC1CC(C(Cc2ccncc2)Nc2ncnc3ccsc23)C1. The molecule has 6 heteroatoms. The predicted octanol–water partition coefficient (Wildman–Crippen LogP) is 2.88. The third-order valence-corrected chi connectivity index (χ3v) is 5.40. The summed E-state index contributed by atoms with van der Waals surface area (Å²) in [4.78, 5) is 12.8. The number of nitrogens with zero attached hydrogens (tertiary/aromatic N) is 3. The summed E-state index contributed by atoms with van der Waals surface area (Å²) in [7, 11) is 0. The van der Waals surface area contributed by atoms with Crippen LogP contribution < -0.4 is 5.32 Å². The van der Waals surface area contributed by atoms with Gasteiger partial charge in [-0.3, -0.25) is 4.98 Å². The van der Waals surface area contributed by atoms with Gasteiger partial charge in [0.15, 0.2) is 0 Å². The van der Waals surface area contributed by atoms with Crippen LogP contribution in [0.3, 0.4) is 0 Å². The van der Waals surface area contributed by atoms with E-state index in [0.29, 0.717) is 5.92 Å². The molecule has 0 saturated heterocycles. The van der Waals surface area contributed by atoms with Crippen LogP contribution in [0, 0.1) is 5.92 Å². The first-order valence-electron chi connectivity index (χ1n) is 7.81. The monoisotopic (exact) mass is 326 g/mol. The van der Waals surface area contributed by atoms with Gasteiger partial charge >= 0.3 is 0 Å². The van der Waals surface area contributed by atoms with Crippen LogP contribution in [0.2, 0.25) is 0 Å². The fraction of sp³-hybridized carbons (Fsp3) is 0.353. The maximum absolute atomic E-state index is 9.68. The Labute approximate surface area is 138 Å².